The molecule has 0 radical (unpaired) electrons. The van der Waals surface area contributed by atoms with Crippen molar-refractivity contribution in [1.82, 2.24) is 9.88 Å². The van der Waals surface area contributed by atoms with Crippen LogP contribution < -0.4 is 4.90 Å². The molecule has 0 saturated carbocycles. The van der Waals surface area contributed by atoms with Crippen molar-refractivity contribution in [1.29, 1.82) is 0 Å². The van der Waals surface area contributed by atoms with Crippen LogP contribution in [0.1, 0.15) is 18.4 Å². The topological polar surface area (TPSA) is 28.6 Å². The number of fused-ring (bicyclic) bond motifs is 1. The van der Waals surface area contributed by atoms with Gasteiger partial charge < -0.3 is 14.5 Å². The van der Waals surface area contributed by atoms with Gasteiger partial charge in [-0.05, 0) is 56.6 Å². The number of benzene rings is 1. The van der Waals surface area contributed by atoms with Crippen molar-refractivity contribution < 1.29 is 4.74 Å². The Hall–Kier alpha value is -1.36. The predicted molar refractivity (Wildman–Crippen MR) is 99.1 cm³/mol. The molecule has 1 aromatic carbocycles. The number of nitrogens with zero attached hydrogens (tertiary/aromatic N) is 3. The summed E-state index contributed by atoms with van der Waals surface area (Å²) in [6.45, 7) is 7.07. The lowest BCUT2D eigenvalue weighted by molar-refractivity contribution is -0.115. The molecule has 0 aliphatic carbocycles. The number of ether oxygens (including phenoxy) is 1. The Labute approximate surface area is 148 Å². The number of rotatable bonds is 1. The van der Waals surface area contributed by atoms with Gasteiger partial charge >= 0.3 is 0 Å². The average Bonchev–Trinajstić information content (AvgIpc) is 2.56. The summed E-state index contributed by atoms with van der Waals surface area (Å²) in [6.07, 6.45) is 2.13. The van der Waals surface area contributed by atoms with E-state index in [4.69, 9.17) is 21.3 Å². The molecule has 0 amide bonds. The third-order valence-electron chi connectivity index (χ3n) is 5.40. The normalized spacial score (nSPS) is 21.5. The highest BCUT2D eigenvalue weighted by Crippen LogP contribution is 2.32. The molecule has 2 aromatic rings. The Kier molecular flexibility index (Phi) is 4.15. The smallest absolute Gasteiger partial charge is 0.129 e. The molecule has 4 nitrogen and oxygen atoms in total. The summed E-state index contributed by atoms with van der Waals surface area (Å²) in [7, 11) is 2.19. The average molecular weight is 346 g/mol. The van der Waals surface area contributed by atoms with Gasteiger partial charge in [0.25, 0.3) is 0 Å². The monoisotopic (exact) mass is 345 g/mol. The van der Waals surface area contributed by atoms with Crippen LogP contribution in [0.15, 0.2) is 24.3 Å². The van der Waals surface area contributed by atoms with Gasteiger partial charge in [-0.2, -0.15) is 0 Å². The molecular formula is C19H24ClN3O. The van der Waals surface area contributed by atoms with Gasteiger partial charge in [0.05, 0.1) is 17.7 Å². The molecule has 0 atom stereocenters. The zero-order valence-electron chi connectivity index (χ0n) is 14.4. The quantitative estimate of drug-likeness (QED) is 0.791. The second-order valence-electron chi connectivity index (χ2n) is 7.22. The second-order valence-corrected chi connectivity index (χ2v) is 7.65. The first-order valence-electron chi connectivity index (χ1n) is 8.69. The van der Waals surface area contributed by atoms with E-state index in [9.17, 15) is 0 Å². The number of anilines is 1. The fraction of sp³-hybridized carbons (Fsp3) is 0.526. The molecular weight excluding hydrogens is 322 g/mol. The summed E-state index contributed by atoms with van der Waals surface area (Å²) >= 11 is 6.12. The second kappa shape index (κ2) is 6.17. The maximum Gasteiger partial charge on any atom is 0.129 e. The number of aryl methyl sites for hydroxylation is 1. The summed E-state index contributed by atoms with van der Waals surface area (Å²) < 4.78 is 6.16. The minimum Gasteiger partial charge on any atom is -0.372 e. The molecule has 0 N–H and O–H groups in total. The van der Waals surface area contributed by atoms with Crippen molar-refractivity contribution in [3.63, 3.8) is 0 Å². The Morgan fingerprint density at radius 2 is 1.96 bits per heavy atom. The minimum absolute atomic E-state index is 0.0446. The third-order valence-corrected chi connectivity index (χ3v) is 5.64. The van der Waals surface area contributed by atoms with Gasteiger partial charge in [0.1, 0.15) is 5.82 Å². The largest absolute Gasteiger partial charge is 0.372 e. The first-order valence-corrected chi connectivity index (χ1v) is 9.07. The number of pyridine rings is 1. The first-order chi connectivity index (χ1) is 11.5. The van der Waals surface area contributed by atoms with E-state index in [0.717, 1.165) is 67.4 Å². The number of hydrogen-bond donors (Lipinski definition) is 0. The highest BCUT2D eigenvalue weighted by molar-refractivity contribution is 6.31. The van der Waals surface area contributed by atoms with Crippen molar-refractivity contribution >= 4 is 28.3 Å². The van der Waals surface area contributed by atoms with E-state index in [1.54, 1.807) is 0 Å². The van der Waals surface area contributed by atoms with Crippen LogP contribution in [0.4, 0.5) is 5.82 Å². The minimum atomic E-state index is 0.0446. The Balaban J connectivity index is 1.55. The summed E-state index contributed by atoms with van der Waals surface area (Å²) in [6, 6.07) is 8.11. The molecule has 24 heavy (non-hydrogen) atoms. The van der Waals surface area contributed by atoms with Gasteiger partial charge in [0.2, 0.25) is 0 Å². The van der Waals surface area contributed by atoms with E-state index >= 15 is 0 Å². The van der Waals surface area contributed by atoms with Gasteiger partial charge in [0, 0.05) is 36.6 Å². The summed E-state index contributed by atoms with van der Waals surface area (Å²) in [5.41, 5.74) is 2.29. The van der Waals surface area contributed by atoms with Crippen molar-refractivity contribution in [2.75, 3.05) is 44.7 Å². The van der Waals surface area contributed by atoms with Crippen LogP contribution in [0.25, 0.3) is 10.9 Å². The summed E-state index contributed by atoms with van der Waals surface area (Å²) in [5.74, 6) is 1.07. The fourth-order valence-electron chi connectivity index (χ4n) is 3.99. The lowest BCUT2D eigenvalue weighted by Gasteiger charge is -2.46. The van der Waals surface area contributed by atoms with Crippen LogP contribution in [-0.4, -0.2) is 55.3 Å². The van der Waals surface area contributed by atoms with Gasteiger partial charge in [-0.3, -0.25) is 0 Å². The van der Waals surface area contributed by atoms with Gasteiger partial charge in [-0.15, -0.1) is 0 Å². The SMILES string of the molecule is Cc1cc(N2CCC3(CC2)CN(C)CCO3)nc2ccc(Cl)cc12. The maximum absolute atomic E-state index is 6.16. The van der Waals surface area contributed by atoms with Gasteiger partial charge in [-0.25, -0.2) is 4.98 Å². The summed E-state index contributed by atoms with van der Waals surface area (Å²) in [5, 5.41) is 1.90. The van der Waals surface area contributed by atoms with Crippen LogP contribution in [0.5, 0.6) is 0 Å². The molecule has 128 valence electrons. The van der Waals surface area contributed by atoms with Crippen LogP contribution in [-0.2, 0) is 4.74 Å². The standard InChI is InChI=1S/C19H24ClN3O/c1-14-11-18(21-17-4-3-15(20)12-16(14)17)23-7-5-19(6-8-23)13-22(2)9-10-24-19/h3-4,11-12H,5-10,13H2,1-2H3. The molecule has 2 saturated heterocycles. The number of hydrogen-bond acceptors (Lipinski definition) is 4. The van der Waals surface area contributed by atoms with Crippen molar-refractivity contribution in [3.05, 3.63) is 34.9 Å². The van der Waals surface area contributed by atoms with E-state index in [1.807, 2.05) is 18.2 Å². The zero-order chi connectivity index (χ0) is 16.7. The molecule has 2 fully saturated rings. The lowest BCUT2D eigenvalue weighted by Crippen LogP contribution is -2.56. The highest BCUT2D eigenvalue weighted by Gasteiger charge is 2.39. The van der Waals surface area contributed by atoms with E-state index in [1.165, 1.54) is 5.56 Å². The third kappa shape index (κ3) is 2.99. The van der Waals surface area contributed by atoms with Crippen LogP contribution >= 0.6 is 11.6 Å². The van der Waals surface area contributed by atoms with Crippen LogP contribution in [0.2, 0.25) is 5.02 Å². The van der Waals surface area contributed by atoms with Gasteiger partial charge in [0.15, 0.2) is 0 Å². The molecule has 4 rings (SSSR count). The molecule has 5 heteroatoms. The first kappa shape index (κ1) is 16.1. The van der Waals surface area contributed by atoms with Crippen molar-refractivity contribution in [3.8, 4) is 0 Å². The number of halogens is 1. The van der Waals surface area contributed by atoms with E-state index in [0.29, 0.717) is 0 Å². The van der Waals surface area contributed by atoms with Crippen molar-refractivity contribution in [2.24, 2.45) is 0 Å². The van der Waals surface area contributed by atoms with E-state index in [2.05, 4.69) is 29.8 Å². The molecule has 3 heterocycles. The number of aromatic nitrogens is 1. The number of likely N-dealkylation sites (N-methyl/N-ethyl adjacent to an activating group) is 1. The van der Waals surface area contributed by atoms with Crippen LogP contribution in [0, 0.1) is 6.92 Å². The number of morpholine rings is 1. The van der Waals surface area contributed by atoms with Gasteiger partial charge in [-0.1, -0.05) is 11.6 Å². The predicted octanol–water partition coefficient (Wildman–Crippen LogP) is 3.50. The Morgan fingerprint density at radius 3 is 2.71 bits per heavy atom. The number of piperidine rings is 1. The zero-order valence-corrected chi connectivity index (χ0v) is 15.1. The van der Waals surface area contributed by atoms with Crippen LogP contribution in [0.3, 0.4) is 0 Å². The summed E-state index contributed by atoms with van der Waals surface area (Å²) in [4.78, 5) is 9.65. The molecule has 1 spiro atoms. The Bertz CT molecular complexity index is 756. The molecule has 2 aliphatic heterocycles. The Morgan fingerprint density at radius 1 is 1.17 bits per heavy atom. The van der Waals surface area contributed by atoms with E-state index < -0.39 is 0 Å². The molecule has 0 unspecified atom stereocenters. The molecule has 1 aromatic heterocycles. The highest BCUT2D eigenvalue weighted by atomic mass is 35.5. The molecule has 2 aliphatic rings. The molecule has 0 bridgehead atoms. The lowest BCUT2D eigenvalue weighted by atomic mass is 9.89. The maximum atomic E-state index is 6.16. The fourth-order valence-corrected chi connectivity index (χ4v) is 4.16. The van der Waals surface area contributed by atoms with E-state index in [-0.39, 0.29) is 5.60 Å². The van der Waals surface area contributed by atoms with Crippen molar-refractivity contribution in [2.45, 2.75) is 25.4 Å².